The fourth-order valence-corrected chi connectivity index (χ4v) is 2.73. The monoisotopic (exact) mass is 326 g/mol. The van der Waals surface area contributed by atoms with E-state index in [0.29, 0.717) is 11.6 Å². The van der Waals surface area contributed by atoms with Crippen LogP contribution >= 0.6 is 15.9 Å². The fourth-order valence-electron chi connectivity index (χ4n) is 2.28. The van der Waals surface area contributed by atoms with Crippen LogP contribution in [0.25, 0.3) is 0 Å². The molecular formula is C14H19BrN2O2. The lowest BCUT2D eigenvalue weighted by Crippen LogP contribution is -2.19. The number of anilines is 1. The van der Waals surface area contributed by atoms with Crippen molar-refractivity contribution in [3.8, 4) is 0 Å². The van der Waals surface area contributed by atoms with Crippen LogP contribution in [0.4, 0.5) is 11.4 Å². The topological polar surface area (TPSA) is 55.2 Å². The number of nitro benzene ring substituents is 1. The van der Waals surface area contributed by atoms with Gasteiger partial charge in [-0.3, -0.25) is 10.1 Å². The number of hydrogen-bond acceptors (Lipinski definition) is 3. The van der Waals surface area contributed by atoms with Crippen molar-refractivity contribution in [2.75, 3.05) is 5.32 Å². The molecule has 0 amide bonds. The molecule has 2 rings (SSSR count). The minimum atomic E-state index is -0.342. The Bertz CT molecular complexity index is 487. The van der Waals surface area contributed by atoms with E-state index < -0.39 is 0 Å². The van der Waals surface area contributed by atoms with Gasteiger partial charge in [-0.2, -0.15) is 0 Å². The van der Waals surface area contributed by atoms with Crippen molar-refractivity contribution in [2.45, 2.75) is 45.6 Å². The second-order valence-electron chi connectivity index (χ2n) is 5.30. The summed E-state index contributed by atoms with van der Waals surface area (Å²) in [5, 5.41) is 14.4. The summed E-state index contributed by atoms with van der Waals surface area (Å²) in [6.45, 7) is 3.95. The van der Waals surface area contributed by atoms with Gasteiger partial charge in [-0.1, -0.05) is 19.8 Å². The molecule has 1 aromatic rings. The predicted molar refractivity (Wildman–Crippen MR) is 80.6 cm³/mol. The van der Waals surface area contributed by atoms with Crippen molar-refractivity contribution >= 4 is 27.3 Å². The maximum atomic E-state index is 10.9. The van der Waals surface area contributed by atoms with Crippen LogP contribution in [0.2, 0.25) is 0 Å². The summed E-state index contributed by atoms with van der Waals surface area (Å²) < 4.78 is 0.763. The average molecular weight is 327 g/mol. The van der Waals surface area contributed by atoms with Crippen molar-refractivity contribution in [2.24, 2.45) is 5.92 Å². The molecular weight excluding hydrogens is 308 g/mol. The van der Waals surface area contributed by atoms with Crippen LogP contribution in [0.15, 0.2) is 16.6 Å². The second kappa shape index (κ2) is 5.90. The molecule has 1 atom stereocenters. The number of benzene rings is 1. The number of rotatable bonds is 6. The third-order valence-electron chi connectivity index (χ3n) is 3.65. The summed E-state index contributed by atoms with van der Waals surface area (Å²) in [6, 6.07) is 3.89. The second-order valence-corrected chi connectivity index (χ2v) is 6.16. The lowest BCUT2D eigenvalue weighted by atomic mass is 10.1. The molecule has 1 aliphatic carbocycles. The highest BCUT2D eigenvalue weighted by Crippen LogP contribution is 2.36. The number of hydrogen-bond donors (Lipinski definition) is 1. The molecule has 0 bridgehead atoms. The standard InChI is InChI=1S/C14H19BrN2O2/c1-3-11(7-10-4-5-10)16-13-6-9(2)14(17(18)19)8-12(13)15/h6,8,10-11,16H,3-5,7H2,1-2H3. The smallest absolute Gasteiger partial charge is 0.273 e. The first-order valence-corrected chi connectivity index (χ1v) is 7.51. The minimum Gasteiger partial charge on any atom is -0.381 e. The predicted octanol–water partition coefficient (Wildman–Crippen LogP) is 4.66. The molecule has 1 saturated carbocycles. The Labute approximate surface area is 121 Å². The summed E-state index contributed by atoms with van der Waals surface area (Å²) in [7, 11) is 0. The average Bonchev–Trinajstić information content (AvgIpc) is 3.15. The summed E-state index contributed by atoms with van der Waals surface area (Å²) >= 11 is 3.42. The summed E-state index contributed by atoms with van der Waals surface area (Å²) in [5.41, 5.74) is 1.81. The van der Waals surface area contributed by atoms with E-state index in [4.69, 9.17) is 0 Å². The van der Waals surface area contributed by atoms with Crippen LogP contribution in [0.1, 0.15) is 38.2 Å². The molecule has 104 valence electrons. The zero-order valence-electron chi connectivity index (χ0n) is 11.3. The first kappa shape index (κ1) is 14.3. The highest BCUT2D eigenvalue weighted by atomic mass is 79.9. The molecule has 4 nitrogen and oxygen atoms in total. The molecule has 1 unspecified atom stereocenters. The number of nitro groups is 1. The van der Waals surface area contributed by atoms with Crippen LogP contribution in [-0.4, -0.2) is 11.0 Å². The molecule has 1 aliphatic rings. The van der Waals surface area contributed by atoms with Crippen molar-refractivity contribution < 1.29 is 4.92 Å². The number of nitrogens with zero attached hydrogens (tertiary/aromatic N) is 1. The van der Waals surface area contributed by atoms with Gasteiger partial charge in [0.05, 0.1) is 4.92 Å². The van der Waals surface area contributed by atoms with Crippen molar-refractivity contribution in [1.29, 1.82) is 0 Å². The van der Waals surface area contributed by atoms with Crippen molar-refractivity contribution in [3.05, 3.63) is 32.3 Å². The molecule has 0 spiro atoms. The van der Waals surface area contributed by atoms with Crippen LogP contribution in [0, 0.1) is 23.0 Å². The van der Waals surface area contributed by atoms with Gasteiger partial charge in [0.1, 0.15) is 0 Å². The lowest BCUT2D eigenvalue weighted by Gasteiger charge is -2.19. The van der Waals surface area contributed by atoms with E-state index in [-0.39, 0.29) is 10.6 Å². The number of halogens is 1. The molecule has 0 aliphatic heterocycles. The van der Waals surface area contributed by atoms with Gasteiger partial charge in [0.25, 0.3) is 5.69 Å². The lowest BCUT2D eigenvalue weighted by molar-refractivity contribution is -0.385. The van der Waals surface area contributed by atoms with E-state index >= 15 is 0 Å². The Kier molecular flexibility index (Phi) is 4.45. The van der Waals surface area contributed by atoms with Gasteiger partial charge in [-0.25, -0.2) is 0 Å². The van der Waals surface area contributed by atoms with Gasteiger partial charge in [0.2, 0.25) is 0 Å². The fraction of sp³-hybridized carbons (Fsp3) is 0.571. The van der Waals surface area contributed by atoms with Gasteiger partial charge in [0, 0.05) is 27.8 Å². The van der Waals surface area contributed by atoms with Crippen LogP contribution in [0.3, 0.4) is 0 Å². The summed E-state index contributed by atoms with van der Waals surface area (Å²) in [4.78, 5) is 10.5. The van der Waals surface area contributed by atoms with Crippen LogP contribution in [-0.2, 0) is 0 Å². The quantitative estimate of drug-likeness (QED) is 0.611. The Morgan fingerprint density at radius 2 is 2.21 bits per heavy atom. The van der Waals surface area contributed by atoms with Gasteiger partial charge in [-0.05, 0) is 47.7 Å². The third kappa shape index (κ3) is 3.69. The molecule has 0 aromatic heterocycles. The zero-order valence-corrected chi connectivity index (χ0v) is 12.9. The molecule has 0 radical (unpaired) electrons. The van der Waals surface area contributed by atoms with Crippen LogP contribution in [0.5, 0.6) is 0 Å². The first-order valence-electron chi connectivity index (χ1n) is 6.72. The van der Waals surface area contributed by atoms with Gasteiger partial charge in [-0.15, -0.1) is 0 Å². The minimum absolute atomic E-state index is 0.160. The Hall–Kier alpha value is -1.10. The first-order chi connectivity index (χ1) is 9.01. The summed E-state index contributed by atoms with van der Waals surface area (Å²) in [5.74, 6) is 0.871. The Morgan fingerprint density at radius 3 is 2.74 bits per heavy atom. The molecule has 1 fully saturated rings. The van der Waals surface area contributed by atoms with Gasteiger partial charge in [0.15, 0.2) is 0 Å². The van der Waals surface area contributed by atoms with Gasteiger partial charge >= 0.3 is 0 Å². The Morgan fingerprint density at radius 1 is 1.53 bits per heavy atom. The van der Waals surface area contributed by atoms with E-state index in [1.54, 1.807) is 13.0 Å². The van der Waals surface area contributed by atoms with Gasteiger partial charge < -0.3 is 5.32 Å². The normalized spacial score (nSPS) is 16.2. The number of nitrogens with one attached hydrogen (secondary N) is 1. The van der Waals surface area contributed by atoms with E-state index in [2.05, 4.69) is 28.2 Å². The SMILES string of the molecule is CCC(CC1CC1)Nc1cc(C)c([N+](=O)[O-])cc1Br. The molecule has 0 saturated heterocycles. The maximum absolute atomic E-state index is 10.9. The molecule has 0 heterocycles. The third-order valence-corrected chi connectivity index (χ3v) is 4.31. The molecule has 5 heteroatoms. The highest BCUT2D eigenvalue weighted by molar-refractivity contribution is 9.10. The number of aryl methyl sites for hydroxylation is 1. The van der Waals surface area contributed by atoms with E-state index in [1.807, 2.05) is 6.07 Å². The van der Waals surface area contributed by atoms with E-state index in [0.717, 1.165) is 22.5 Å². The summed E-state index contributed by atoms with van der Waals surface area (Å²) in [6.07, 6.45) is 4.95. The molecule has 1 N–H and O–H groups in total. The highest BCUT2D eigenvalue weighted by Gasteiger charge is 2.25. The Balaban J connectivity index is 2.14. The van der Waals surface area contributed by atoms with Crippen molar-refractivity contribution in [1.82, 2.24) is 0 Å². The largest absolute Gasteiger partial charge is 0.381 e. The zero-order chi connectivity index (χ0) is 14.0. The maximum Gasteiger partial charge on any atom is 0.273 e. The molecule has 1 aromatic carbocycles. The molecule has 19 heavy (non-hydrogen) atoms. The van der Waals surface area contributed by atoms with E-state index in [1.165, 1.54) is 19.3 Å². The van der Waals surface area contributed by atoms with Crippen LogP contribution < -0.4 is 5.32 Å². The van der Waals surface area contributed by atoms with Crippen molar-refractivity contribution in [3.63, 3.8) is 0 Å². The van der Waals surface area contributed by atoms with E-state index in [9.17, 15) is 10.1 Å².